The summed E-state index contributed by atoms with van der Waals surface area (Å²) in [6.07, 6.45) is -0.306. The van der Waals surface area contributed by atoms with Crippen molar-refractivity contribution in [1.29, 1.82) is 0 Å². The number of carbonyl (C=O) groups excluding carboxylic acids is 1. The van der Waals surface area contributed by atoms with Gasteiger partial charge >= 0.3 is 0 Å². The van der Waals surface area contributed by atoms with Crippen LogP contribution in [0.25, 0.3) is 0 Å². The SMILES string of the molecule is CC(c1cccc(Cl)c1)N1CC(O)CC1=O. The van der Waals surface area contributed by atoms with E-state index < -0.39 is 6.10 Å². The van der Waals surface area contributed by atoms with Crippen LogP contribution in [0.1, 0.15) is 24.9 Å². The Bertz CT molecular complexity index is 408. The minimum atomic E-state index is -0.533. The van der Waals surface area contributed by atoms with Gasteiger partial charge in [-0.25, -0.2) is 0 Å². The molecule has 1 saturated heterocycles. The molecule has 16 heavy (non-hydrogen) atoms. The quantitative estimate of drug-likeness (QED) is 0.858. The Morgan fingerprint density at radius 3 is 2.88 bits per heavy atom. The van der Waals surface area contributed by atoms with E-state index in [1.165, 1.54) is 0 Å². The third kappa shape index (κ3) is 2.20. The van der Waals surface area contributed by atoms with Gasteiger partial charge in [0.1, 0.15) is 0 Å². The number of β-amino-alcohol motifs (C(OH)–C–C–N with tert-alkyl or cyclic N) is 1. The molecule has 1 fully saturated rings. The van der Waals surface area contributed by atoms with Crippen molar-refractivity contribution in [3.8, 4) is 0 Å². The molecule has 0 saturated carbocycles. The number of likely N-dealkylation sites (tertiary alicyclic amines) is 1. The molecule has 1 aliphatic rings. The highest BCUT2D eigenvalue weighted by atomic mass is 35.5. The monoisotopic (exact) mass is 239 g/mol. The highest BCUT2D eigenvalue weighted by molar-refractivity contribution is 6.30. The number of benzene rings is 1. The maximum Gasteiger partial charge on any atom is 0.225 e. The highest BCUT2D eigenvalue weighted by Gasteiger charge is 2.31. The summed E-state index contributed by atoms with van der Waals surface area (Å²) in [5.74, 6) is -0.0000227. The van der Waals surface area contributed by atoms with Crippen molar-refractivity contribution in [2.45, 2.75) is 25.5 Å². The van der Waals surface area contributed by atoms with E-state index in [4.69, 9.17) is 11.6 Å². The smallest absolute Gasteiger partial charge is 0.225 e. The lowest BCUT2D eigenvalue weighted by atomic mass is 10.1. The summed E-state index contributed by atoms with van der Waals surface area (Å²) in [6, 6.07) is 7.42. The maximum absolute atomic E-state index is 11.6. The zero-order valence-electron chi connectivity index (χ0n) is 9.06. The first-order valence-electron chi connectivity index (χ1n) is 5.31. The van der Waals surface area contributed by atoms with Crippen LogP contribution < -0.4 is 0 Å². The Morgan fingerprint density at radius 2 is 2.31 bits per heavy atom. The number of aliphatic hydroxyl groups excluding tert-OH is 1. The molecule has 0 aromatic heterocycles. The molecular formula is C12H14ClNO2. The number of nitrogens with zero attached hydrogens (tertiary/aromatic N) is 1. The first-order valence-corrected chi connectivity index (χ1v) is 5.68. The highest BCUT2D eigenvalue weighted by Crippen LogP contribution is 2.27. The van der Waals surface area contributed by atoms with E-state index in [-0.39, 0.29) is 18.4 Å². The molecular weight excluding hydrogens is 226 g/mol. The lowest BCUT2D eigenvalue weighted by Crippen LogP contribution is -2.29. The summed E-state index contributed by atoms with van der Waals surface area (Å²) >= 11 is 5.91. The van der Waals surface area contributed by atoms with Crippen molar-refractivity contribution in [2.75, 3.05) is 6.54 Å². The first kappa shape index (κ1) is 11.4. The summed E-state index contributed by atoms with van der Waals surface area (Å²) < 4.78 is 0. The van der Waals surface area contributed by atoms with Gasteiger partial charge in [-0.1, -0.05) is 23.7 Å². The molecule has 0 radical (unpaired) electrons. The fourth-order valence-corrected chi connectivity index (χ4v) is 2.23. The summed E-state index contributed by atoms with van der Waals surface area (Å²) in [5.41, 5.74) is 0.995. The van der Waals surface area contributed by atoms with E-state index >= 15 is 0 Å². The number of hydrogen-bond donors (Lipinski definition) is 1. The Labute approximate surface area is 99.6 Å². The molecule has 3 nitrogen and oxygen atoms in total. The number of halogens is 1. The molecule has 2 rings (SSSR count). The maximum atomic E-state index is 11.6. The second-order valence-electron chi connectivity index (χ2n) is 4.14. The van der Waals surface area contributed by atoms with Gasteiger partial charge in [-0.2, -0.15) is 0 Å². The number of amides is 1. The van der Waals surface area contributed by atoms with Crippen molar-refractivity contribution in [2.24, 2.45) is 0 Å². The van der Waals surface area contributed by atoms with E-state index in [0.29, 0.717) is 11.6 Å². The molecule has 1 aliphatic heterocycles. The Morgan fingerprint density at radius 1 is 1.56 bits per heavy atom. The van der Waals surface area contributed by atoms with Crippen LogP contribution in [-0.4, -0.2) is 28.6 Å². The number of hydrogen-bond acceptors (Lipinski definition) is 2. The first-order chi connectivity index (χ1) is 7.58. The number of carbonyl (C=O) groups is 1. The molecule has 1 aromatic carbocycles. The van der Waals surface area contributed by atoms with Crippen LogP contribution in [0.15, 0.2) is 24.3 Å². The van der Waals surface area contributed by atoms with E-state index in [0.717, 1.165) is 5.56 Å². The van der Waals surface area contributed by atoms with Gasteiger partial charge in [0.05, 0.1) is 18.6 Å². The van der Waals surface area contributed by atoms with Crippen molar-refractivity contribution in [1.82, 2.24) is 4.90 Å². The van der Waals surface area contributed by atoms with Crippen molar-refractivity contribution in [3.63, 3.8) is 0 Å². The minimum Gasteiger partial charge on any atom is -0.391 e. The largest absolute Gasteiger partial charge is 0.391 e. The van der Waals surface area contributed by atoms with Gasteiger partial charge in [0, 0.05) is 11.6 Å². The third-order valence-corrected chi connectivity index (χ3v) is 3.17. The normalized spacial score (nSPS) is 22.6. The Hall–Kier alpha value is -1.06. The van der Waals surface area contributed by atoms with E-state index in [1.54, 1.807) is 11.0 Å². The Balaban J connectivity index is 2.19. The molecule has 2 unspecified atom stereocenters. The van der Waals surface area contributed by atoms with Crippen LogP contribution in [0.5, 0.6) is 0 Å². The lowest BCUT2D eigenvalue weighted by molar-refractivity contribution is -0.129. The molecule has 86 valence electrons. The Kier molecular flexibility index (Phi) is 3.17. The molecule has 4 heteroatoms. The predicted molar refractivity (Wildman–Crippen MR) is 62.2 cm³/mol. The summed E-state index contributed by atoms with van der Waals surface area (Å²) in [7, 11) is 0. The van der Waals surface area contributed by atoms with Crippen molar-refractivity contribution < 1.29 is 9.90 Å². The van der Waals surface area contributed by atoms with Gasteiger partial charge in [0.25, 0.3) is 0 Å². The fourth-order valence-electron chi connectivity index (χ4n) is 2.03. The molecule has 0 spiro atoms. The fraction of sp³-hybridized carbons (Fsp3) is 0.417. The number of rotatable bonds is 2. The van der Waals surface area contributed by atoms with Crippen LogP contribution in [0.2, 0.25) is 5.02 Å². The van der Waals surface area contributed by atoms with Crippen molar-refractivity contribution >= 4 is 17.5 Å². The van der Waals surface area contributed by atoms with Gasteiger partial charge < -0.3 is 10.0 Å². The second kappa shape index (κ2) is 4.44. The van der Waals surface area contributed by atoms with E-state index in [9.17, 15) is 9.90 Å². The average molecular weight is 240 g/mol. The lowest BCUT2D eigenvalue weighted by Gasteiger charge is -2.24. The van der Waals surface area contributed by atoms with Gasteiger partial charge in [0.2, 0.25) is 5.91 Å². The predicted octanol–water partition coefficient (Wildman–Crippen LogP) is 1.99. The summed E-state index contributed by atoms with van der Waals surface area (Å²) in [4.78, 5) is 13.3. The van der Waals surface area contributed by atoms with Gasteiger partial charge in [-0.3, -0.25) is 4.79 Å². The molecule has 1 amide bonds. The molecule has 1 aromatic rings. The molecule has 0 bridgehead atoms. The van der Waals surface area contributed by atoms with Crippen molar-refractivity contribution in [3.05, 3.63) is 34.9 Å². The zero-order chi connectivity index (χ0) is 11.7. The van der Waals surface area contributed by atoms with Crippen LogP contribution >= 0.6 is 11.6 Å². The molecule has 1 heterocycles. The third-order valence-electron chi connectivity index (χ3n) is 2.94. The average Bonchev–Trinajstić information content (AvgIpc) is 2.57. The molecule has 1 N–H and O–H groups in total. The van der Waals surface area contributed by atoms with Gasteiger partial charge in [-0.05, 0) is 24.6 Å². The van der Waals surface area contributed by atoms with Gasteiger partial charge in [0.15, 0.2) is 0 Å². The van der Waals surface area contributed by atoms with Crippen LogP contribution in [0.3, 0.4) is 0 Å². The topological polar surface area (TPSA) is 40.5 Å². The summed E-state index contributed by atoms with van der Waals surface area (Å²) in [5, 5.41) is 10.1. The van der Waals surface area contributed by atoms with Crippen LogP contribution in [0.4, 0.5) is 0 Å². The van der Waals surface area contributed by atoms with Gasteiger partial charge in [-0.15, -0.1) is 0 Å². The van der Waals surface area contributed by atoms with Crippen LogP contribution in [-0.2, 0) is 4.79 Å². The van der Waals surface area contributed by atoms with Crippen LogP contribution in [0, 0.1) is 0 Å². The molecule has 2 atom stereocenters. The standard InChI is InChI=1S/C12H14ClNO2/c1-8(9-3-2-4-10(13)5-9)14-7-11(15)6-12(14)16/h2-5,8,11,15H,6-7H2,1H3. The van der Waals surface area contributed by atoms with E-state index in [1.807, 2.05) is 25.1 Å². The number of aliphatic hydroxyl groups is 1. The van der Waals surface area contributed by atoms with E-state index in [2.05, 4.69) is 0 Å². The summed E-state index contributed by atoms with van der Waals surface area (Å²) in [6.45, 7) is 2.36. The molecule has 0 aliphatic carbocycles. The zero-order valence-corrected chi connectivity index (χ0v) is 9.81. The minimum absolute atomic E-state index is 0.0000227. The second-order valence-corrected chi connectivity index (χ2v) is 4.57.